The van der Waals surface area contributed by atoms with E-state index in [4.69, 9.17) is 4.74 Å². The summed E-state index contributed by atoms with van der Waals surface area (Å²) in [4.78, 5) is 27.8. The third kappa shape index (κ3) is 8.03. The van der Waals surface area contributed by atoms with Crippen molar-refractivity contribution in [3.05, 3.63) is 89.5 Å². The molecule has 0 fully saturated rings. The number of carbonyl (C=O) groups is 2. The van der Waals surface area contributed by atoms with E-state index in [0.717, 1.165) is 17.7 Å². The molecular formula is C30H34F3N3O5S. The summed E-state index contributed by atoms with van der Waals surface area (Å²) in [6, 6.07) is 15.3. The number of aryl methyl sites for hydroxylation is 1. The van der Waals surface area contributed by atoms with Crippen LogP contribution in [0, 0.1) is 6.92 Å². The topological polar surface area (TPSA) is 96.0 Å². The summed E-state index contributed by atoms with van der Waals surface area (Å²) in [5.74, 6) is -0.735. The highest BCUT2D eigenvalue weighted by atomic mass is 32.2. The maximum Gasteiger partial charge on any atom is 0.416 e. The molecule has 42 heavy (non-hydrogen) atoms. The van der Waals surface area contributed by atoms with Gasteiger partial charge in [-0.05, 0) is 68.3 Å². The van der Waals surface area contributed by atoms with Crippen molar-refractivity contribution < 1.29 is 35.9 Å². The lowest BCUT2D eigenvalue weighted by molar-refractivity contribution is -0.139. The van der Waals surface area contributed by atoms with Crippen molar-refractivity contribution in [3.63, 3.8) is 0 Å². The number of nitrogens with one attached hydrogen (secondary N) is 1. The van der Waals surface area contributed by atoms with Crippen molar-refractivity contribution >= 4 is 27.5 Å². The van der Waals surface area contributed by atoms with E-state index in [2.05, 4.69) is 5.32 Å². The molecule has 0 heterocycles. The van der Waals surface area contributed by atoms with Crippen LogP contribution in [0.5, 0.6) is 5.75 Å². The number of nitrogens with zero attached hydrogens (tertiary/aromatic N) is 2. The van der Waals surface area contributed by atoms with Gasteiger partial charge in [0.25, 0.3) is 10.0 Å². The largest absolute Gasteiger partial charge is 0.497 e. The number of rotatable bonds is 12. The monoisotopic (exact) mass is 605 g/mol. The number of benzene rings is 3. The van der Waals surface area contributed by atoms with E-state index in [9.17, 15) is 31.2 Å². The summed E-state index contributed by atoms with van der Waals surface area (Å²) in [5.41, 5.74) is -0.0443. The molecule has 1 N–H and O–H groups in total. The molecule has 12 heteroatoms. The summed E-state index contributed by atoms with van der Waals surface area (Å²) in [6.45, 7) is 4.55. The van der Waals surface area contributed by atoms with Gasteiger partial charge in [0.05, 0.1) is 23.3 Å². The number of hydrogen-bond donors (Lipinski definition) is 1. The van der Waals surface area contributed by atoms with Crippen LogP contribution in [-0.2, 0) is 32.3 Å². The maximum absolute atomic E-state index is 13.9. The van der Waals surface area contributed by atoms with Crippen molar-refractivity contribution in [3.8, 4) is 5.75 Å². The first-order chi connectivity index (χ1) is 19.8. The van der Waals surface area contributed by atoms with Gasteiger partial charge in [0.1, 0.15) is 18.3 Å². The van der Waals surface area contributed by atoms with Gasteiger partial charge in [-0.1, -0.05) is 42.8 Å². The van der Waals surface area contributed by atoms with E-state index in [1.54, 1.807) is 43.3 Å². The molecule has 0 saturated heterocycles. The fourth-order valence-corrected chi connectivity index (χ4v) is 5.56. The molecule has 0 saturated carbocycles. The molecule has 226 valence electrons. The quantitative estimate of drug-likeness (QED) is 0.308. The molecule has 0 aliphatic rings. The average Bonchev–Trinajstić information content (AvgIpc) is 2.96. The van der Waals surface area contributed by atoms with Crippen LogP contribution >= 0.6 is 0 Å². The van der Waals surface area contributed by atoms with Gasteiger partial charge in [-0.2, -0.15) is 13.2 Å². The first-order valence-electron chi connectivity index (χ1n) is 13.2. The molecule has 0 aromatic heterocycles. The molecule has 3 aromatic carbocycles. The molecule has 0 radical (unpaired) electrons. The second-order valence-electron chi connectivity index (χ2n) is 9.71. The first-order valence-corrected chi connectivity index (χ1v) is 14.7. The van der Waals surface area contributed by atoms with E-state index in [1.807, 2.05) is 6.92 Å². The van der Waals surface area contributed by atoms with Gasteiger partial charge in [0, 0.05) is 13.1 Å². The highest BCUT2D eigenvalue weighted by Gasteiger charge is 2.35. The Balaban J connectivity index is 2.09. The van der Waals surface area contributed by atoms with Crippen LogP contribution in [0.1, 0.15) is 37.0 Å². The van der Waals surface area contributed by atoms with Gasteiger partial charge in [0.2, 0.25) is 11.8 Å². The third-order valence-electron chi connectivity index (χ3n) is 6.55. The molecular weight excluding hydrogens is 571 g/mol. The Morgan fingerprint density at radius 3 is 2.29 bits per heavy atom. The predicted molar refractivity (Wildman–Crippen MR) is 153 cm³/mol. The van der Waals surface area contributed by atoms with Crippen molar-refractivity contribution in [1.82, 2.24) is 10.2 Å². The number of ether oxygens (including phenoxy) is 1. The number of carbonyl (C=O) groups excluding carboxylic acids is 2. The Bertz CT molecular complexity index is 1490. The van der Waals surface area contributed by atoms with Crippen LogP contribution in [0.2, 0.25) is 0 Å². The van der Waals surface area contributed by atoms with Gasteiger partial charge < -0.3 is 15.0 Å². The number of alkyl halides is 3. The van der Waals surface area contributed by atoms with Crippen molar-refractivity contribution in [2.75, 3.05) is 24.5 Å². The van der Waals surface area contributed by atoms with E-state index in [-0.39, 0.29) is 17.1 Å². The van der Waals surface area contributed by atoms with Crippen LogP contribution in [-0.4, -0.2) is 51.4 Å². The molecule has 0 bridgehead atoms. The lowest BCUT2D eigenvalue weighted by Gasteiger charge is -2.32. The van der Waals surface area contributed by atoms with Crippen LogP contribution in [0.25, 0.3) is 0 Å². The minimum atomic E-state index is -4.75. The molecule has 3 rings (SSSR count). The summed E-state index contributed by atoms with van der Waals surface area (Å²) >= 11 is 0. The van der Waals surface area contributed by atoms with Gasteiger partial charge >= 0.3 is 6.18 Å². The Labute approximate surface area is 244 Å². The molecule has 0 aliphatic heterocycles. The molecule has 2 amide bonds. The maximum atomic E-state index is 13.9. The Hall–Kier alpha value is -4.06. The smallest absolute Gasteiger partial charge is 0.416 e. The fraction of sp³-hybridized carbons (Fsp3) is 0.333. The Morgan fingerprint density at radius 1 is 1.00 bits per heavy atom. The van der Waals surface area contributed by atoms with Crippen molar-refractivity contribution in [1.29, 1.82) is 0 Å². The zero-order valence-corrected chi connectivity index (χ0v) is 24.6. The third-order valence-corrected chi connectivity index (χ3v) is 8.34. The minimum absolute atomic E-state index is 0.0856. The zero-order valence-electron chi connectivity index (χ0n) is 23.8. The van der Waals surface area contributed by atoms with Crippen molar-refractivity contribution in [2.45, 2.75) is 50.9 Å². The molecule has 1 atom stereocenters. The van der Waals surface area contributed by atoms with Crippen molar-refractivity contribution in [2.24, 2.45) is 0 Å². The van der Waals surface area contributed by atoms with Gasteiger partial charge in [-0.15, -0.1) is 0 Å². The number of amides is 2. The number of hydrogen-bond acceptors (Lipinski definition) is 5. The number of methoxy groups -OCH3 is 1. The number of sulfonamides is 1. The fourth-order valence-electron chi connectivity index (χ4n) is 4.15. The molecule has 0 unspecified atom stereocenters. The number of halogens is 3. The molecule has 0 spiro atoms. The summed E-state index contributed by atoms with van der Waals surface area (Å²) in [6.07, 6.45) is -4.09. The Morgan fingerprint density at radius 2 is 1.67 bits per heavy atom. The zero-order chi connectivity index (χ0) is 31.1. The van der Waals surface area contributed by atoms with E-state index < -0.39 is 46.2 Å². The van der Waals surface area contributed by atoms with Gasteiger partial charge in [0.15, 0.2) is 0 Å². The van der Waals surface area contributed by atoms with Gasteiger partial charge in [-0.3, -0.25) is 13.9 Å². The van der Waals surface area contributed by atoms with E-state index in [1.165, 1.54) is 37.1 Å². The highest BCUT2D eigenvalue weighted by Crippen LogP contribution is 2.33. The van der Waals surface area contributed by atoms with Crippen LogP contribution in [0.4, 0.5) is 18.9 Å². The first kappa shape index (κ1) is 32.5. The average molecular weight is 606 g/mol. The molecule has 0 aliphatic carbocycles. The highest BCUT2D eigenvalue weighted by molar-refractivity contribution is 7.92. The summed E-state index contributed by atoms with van der Waals surface area (Å²) in [7, 11) is -3.03. The summed E-state index contributed by atoms with van der Waals surface area (Å²) < 4.78 is 74.3. The second kappa shape index (κ2) is 13.7. The molecule has 3 aromatic rings. The SMILES string of the molecule is CCCNC(=O)[C@H](C)N(Cc1cccc(OC)c1)C(=O)CN(c1cccc(C(F)(F)F)c1)S(=O)(=O)c1ccc(C)cc1. The van der Waals surface area contributed by atoms with Crippen LogP contribution in [0.15, 0.2) is 77.7 Å². The lowest BCUT2D eigenvalue weighted by atomic mass is 10.1. The van der Waals surface area contributed by atoms with E-state index >= 15 is 0 Å². The van der Waals surface area contributed by atoms with Gasteiger partial charge in [-0.25, -0.2) is 8.42 Å². The number of anilines is 1. The predicted octanol–water partition coefficient (Wildman–Crippen LogP) is 5.16. The minimum Gasteiger partial charge on any atom is -0.497 e. The standard InChI is InChI=1S/C30H34F3N3O5S/c1-5-16-34-29(38)22(3)35(19-23-8-6-11-26(17-23)41-4)28(37)20-36(25-10-7-9-24(18-25)30(31,32)33)42(39,40)27-14-12-21(2)13-15-27/h6-15,17-18,22H,5,16,19-20H2,1-4H3,(H,34,38)/t22-/m0/s1. The van der Waals surface area contributed by atoms with E-state index in [0.29, 0.717) is 34.7 Å². The van der Waals surface area contributed by atoms with Crippen LogP contribution < -0.4 is 14.4 Å². The summed E-state index contributed by atoms with van der Waals surface area (Å²) in [5, 5.41) is 2.73. The normalized spacial score (nSPS) is 12.4. The second-order valence-corrected chi connectivity index (χ2v) is 11.6. The molecule has 8 nitrogen and oxygen atoms in total. The van der Waals surface area contributed by atoms with Crippen LogP contribution in [0.3, 0.4) is 0 Å². The lowest BCUT2D eigenvalue weighted by Crippen LogP contribution is -2.51. The Kier molecular flexibility index (Phi) is 10.6.